The number of rotatable bonds is 6. The molecule has 4 rings (SSSR count). The third-order valence-corrected chi connectivity index (χ3v) is 5.53. The zero-order valence-electron chi connectivity index (χ0n) is 19.0. The third-order valence-electron chi connectivity index (χ3n) is 5.21. The first-order valence-corrected chi connectivity index (χ1v) is 11.0. The molecule has 0 spiro atoms. The van der Waals surface area contributed by atoms with E-state index < -0.39 is 17.6 Å². The minimum Gasteiger partial charge on any atom is -0.437 e. The maximum Gasteiger partial charge on any atom is 0.416 e. The number of carbonyl (C=O) groups is 1. The van der Waals surface area contributed by atoms with Crippen molar-refractivity contribution in [3.05, 3.63) is 88.7 Å². The van der Waals surface area contributed by atoms with Gasteiger partial charge in [0.25, 0.3) is 5.91 Å². The number of aromatic nitrogens is 3. The van der Waals surface area contributed by atoms with Gasteiger partial charge in [-0.1, -0.05) is 17.7 Å². The fourth-order valence-corrected chi connectivity index (χ4v) is 3.55. The van der Waals surface area contributed by atoms with Crippen molar-refractivity contribution >= 4 is 29.1 Å². The lowest BCUT2D eigenvalue weighted by Gasteiger charge is -2.15. The van der Waals surface area contributed by atoms with Crippen LogP contribution in [0.5, 0.6) is 11.6 Å². The fourth-order valence-electron chi connectivity index (χ4n) is 3.40. The molecule has 0 radical (unpaired) electrons. The van der Waals surface area contributed by atoms with Gasteiger partial charge in [0.05, 0.1) is 21.8 Å². The first-order valence-electron chi connectivity index (χ1n) is 10.6. The lowest BCUT2D eigenvalue weighted by molar-refractivity contribution is -0.138. The smallest absolute Gasteiger partial charge is 0.416 e. The summed E-state index contributed by atoms with van der Waals surface area (Å²) in [6.07, 6.45) is -1.43. The molecular weight excluding hydrogens is 495 g/mol. The average molecular weight is 514 g/mol. The molecule has 0 saturated carbocycles. The van der Waals surface area contributed by atoms with Crippen molar-refractivity contribution in [2.24, 2.45) is 0 Å². The summed E-state index contributed by atoms with van der Waals surface area (Å²) < 4.78 is 45.6. The molecule has 4 aromatic rings. The van der Waals surface area contributed by atoms with Crippen LogP contribution in [0.2, 0.25) is 5.02 Å². The first-order chi connectivity index (χ1) is 17.2. The van der Waals surface area contributed by atoms with Crippen LogP contribution in [-0.4, -0.2) is 27.9 Å². The van der Waals surface area contributed by atoms with Gasteiger partial charge in [0, 0.05) is 30.7 Å². The van der Waals surface area contributed by atoms with Gasteiger partial charge in [0.2, 0.25) is 11.8 Å². The molecule has 0 fully saturated rings. The van der Waals surface area contributed by atoms with E-state index in [0.29, 0.717) is 17.2 Å². The van der Waals surface area contributed by atoms with E-state index in [9.17, 15) is 18.0 Å². The van der Waals surface area contributed by atoms with Crippen LogP contribution in [0.15, 0.2) is 67.0 Å². The Labute approximate surface area is 209 Å². The van der Waals surface area contributed by atoms with Gasteiger partial charge in [-0.3, -0.25) is 4.79 Å². The van der Waals surface area contributed by atoms with Gasteiger partial charge in [0.15, 0.2) is 0 Å². The Morgan fingerprint density at radius 2 is 1.83 bits per heavy atom. The standard InChI is InChI=1S/C25H19ClF3N5O2/c1-14-17(25(27,28)29)6-3-7-19(14)33-22(35)15-8-9-18(26)21(13-15)36-23-16(5-4-11-31-23)20-10-12-32-24(30-2)34-20/h3-13H,1-2H3,(H,33,35)(H,30,32,34). The van der Waals surface area contributed by atoms with E-state index in [1.807, 2.05) is 0 Å². The number of amides is 1. The topological polar surface area (TPSA) is 89.0 Å². The summed E-state index contributed by atoms with van der Waals surface area (Å²) >= 11 is 6.31. The molecule has 2 aromatic carbocycles. The van der Waals surface area contributed by atoms with Gasteiger partial charge in [-0.25, -0.2) is 15.0 Å². The summed E-state index contributed by atoms with van der Waals surface area (Å²) in [6.45, 7) is 1.30. The molecule has 2 N–H and O–H groups in total. The zero-order valence-corrected chi connectivity index (χ0v) is 19.8. The fraction of sp³-hybridized carbons (Fsp3) is 0.120. The highest BCUT2D eigenvalue weighted by Crippen LogP contribution is 2.36. The molecule has 11 heteroatoms. The van der Waals surface area contributed by atoms with Gasteiger partial charge < -0.3 is 15.4 Å². The molecule has 0 bridgehead atoms. The second-order valence-corrected chi connectivity index (χ2v) is 7.96. The number of benzene rings is 2. The Morgan fingerprint density at radius 1 is 1.03 bits per heavy atom. The van der Waals surface area contributed by atoms with Crippen LogP contribution >= 0.6 is 11.6 Å². The minimum absolute atomic E-state index is 0.0448. The van der Waals surface area contributed by atoms with Crippen molar-refractivity contribution in [1.29, 1.82) is 0 Å². The Hall–Kier alpha value is -4.18. The van der Waals surface area contributed by atoms with E-state index >= 15 is 0 Å². The second kappa shape index (κ2) is 10.2. The van der Waals surface area contributed by atoms with Crippen molar-refractivity contribution in [3.8, 4) is 22.9 Å². The molecule has 2 aromatic heterocycles. The van der Waals surface area contributed by atoms with Crippen molar-refractivity contribution < 1.29 is 22.7 Å². The molecule has 2 heterocycles. The third kappa shape index (κ3) is 5.38. The van der Waals surface area contributed by atoms with E-state index in [4.69, 9.17) is 16.3 Å². The summed E-state index contributed by atoms with van der Waals surface area (Å²) in [7, 11) is 1.69. The summed E-state index contributed by atoms with van der Waals surface area (Å²) in [5, 5.41) is 5.59. The van der Waals surface area contributed by atoms with Gasteiger partial charge in [-0.05, 0) is 61.0 Å². The number of pyridine rings is 1. The van der Waals surface area contributed by atoms with Crippen LogP contribution in [-0.2, 0) is 6.18 Å². The normalized spacial score (nSPS) is 11.2. The molecule has 0 aliphatic heterocycles. The second-order valence-electron chi connectivity index (χ2n) is 7.55. The van der Waals surface area contributed by atoms with E-state index in [-0.39, 0.29) is 33.5 Å². The number of hydrogen-bond donors (Lipinski definition) is 2. The van der Waals surface area contributed by atoms with Crippen molar-refractivity contribution in [2.45, 2.75) is 13.1 Å². The monoisotopic (exact) mass is 513 g/mol. The van der Waals surface area contributed by atoms with Crippen LogP contribution in [0, 0.1) is 6.92 Å². The van der Waals surface area contributed by atoms with Crippen LogP contribution in [0.1, 0.15) is 21.5 Å². The molecule has 0 unspecified atom stereocenters. The highest BCUT2D eigenvalue weighted by molar-refractivity contribution is 6.32. The van der Waals surface area contributed by atoms with Gasteiger partial charge >= 0.3 is 6.18 Å². The van der Waals surface area contributed by atoms with Gasteiger partial charge in [-0.15, -0.1) is 0 Å². The predicted molar refractivity (Wildman–Crippen MR) is 130 cm³/mol. The number of halogens is 4. The molecule has 7 nitrogen and oxygen atoms in total. The summed E-state index contributed by atoms with van der Waals surface area (Å²) in [5.41, 5.74) is 0.359. The zero-order chi connectivity index (χ0) is 25.9. The van der Waals surface area contributed by atoms with E-state index in [2.05, 4.69) is 25.6 Å². The minimum atomic E-state index is -4.54. The molecule has 36 heavy (non-hydrogen) atoms. The Kier molecular flexibility index (Phi) is 7.07. The molecule has 0 atom stereocenters. The number of carbonyl (C=O) groups excluding carboxylic acids is 1. The number of hydrogen-bond acceptors (Lipinski definition) is 6. The summed E-state index contributed by atoms with van der Waals surface area (Å²) in [6, 6.07) is 13.0. The Morgan fingerprint density at radius 3 is 2.58 bits per heavy atom. The molecule has 0 aliphatic carbocycles. The summed E-state index contributed by atoms with van der Waals surface area (Å²) in [5.74, 6) is 0.0953. The number of nitrogens with zero attached hydrogens (tertiary/aromatic N) is 3. The van der Waals surface area contributed by atoms with Gasteiger partial charge in [0.1, 0.15) is 5.75 Å². The van der Waals surface area contributed by atoms with E-state index in [1.54, 1.807) is 31.4 Å². The average Bonchev–Trinajstić information content (AvgIpc) is 2.86. The van der Waals surface area contributed by atoms with Crippen molar-refractivity contribution in [3.63, 3.8) is 0 Å². The van der Waals surface area contributed by atoms with Crippen LogP contribution in [0.25, 0.3) is 11.3 Å². The molecule has 1 amide bonds. The largest absolute Gasteiger partial charge is 0.437 e. The van der Waals surface area contributed by atoms with Crippen LogP contribution < -0.4 is 15.4 Å². The van der Waals surface area contributed by atoms with E-state index in [1.165, 1.54) is 43.5 Å². The maximum atomic E-state index is 13.2. The SMILES string of the molecule is CNc1nccc(-c2cccnc2Oc2cc(C(=O)Nc3cccc(C(F)(F)F)c3C)ccc2Cl)n1. The first kappa shape index (κ1) is 24.9. The quantitative estimate of drug-likeness (QED) is 0.302. The highest BCUT2D eigenvalue weighted by atomic mass is 35.5. The lowest BCUT2D eigenvalue weighted by atomic mass is 10.1. The molecular formula is C25H19ClF3N5O2. The molecule has 0 aliphatic rings. The van der Waals surface area contributed by atoms with Crippen LogP contribution in [0.4, 0.5) is 24.8 Å². The van der Waals surface area contributed by atoms with Crippen molar-refractivity contribution in [1.82, 2.24) is 15.0 Å². The number of alkyl halides is 3. The lowest BCUT2D eigenvalue weighted by Crippen LogP contribution is -2.15. The van der Waals surface area contributed by atoms with Crippen molar-refractivity contribution in [2.75, 3.05) is 17.7 Å². The highest BCUT2D eigenvalue weighted by Gasteiger charge is 2.33. The molecule has 0 saturated heterocycles. The molecule has 184 valence electrons. The van der Waals surface area contributed by atoms with E-state index in [0.717, 1.165) is 6.07 Å². The predicted octanol–water partition coefficient (Wildman–Crippen LogP) is 6.61. The number of anilines is 2. The Balaban J connectivity index is 1.62. The van der Waals surface area contributed by atoms with Crippen LogP contribution in [0.3, 0.4) is 0 Å². The number of nitrogens with one attached hydrogen (secondary N) is 2. The Bertz CT molecular complexity index is 1430. The van der Waals surface area contributed by atoms with Gasteiger partial charge in [-0.2, -0.15) is 13.2 Å². The number of ether oxygens (including phenoxy) is 1. The maximum absolute atomic E-state index is 13.2. The summed E-state index contributed by atoms with van der Waals surface area (Å²) in [4.78, 5) is 25.6.